The number of hydrogen-bond acceptors (Lipinski definition) is 3. The van der Waals surface area contributed by atoms with E-state index in [4.69, 9.17) is 11.6 Å². The zero-order chi connectivity index (χ0) is 11.7. The van der Waals surface area contributed by atoms with E-state index in [0.29, 0.717) is 23.1 Å². The first-order chi connectivity index (χ1) is 7.65. The molecule has 0 atom stereocenters. The van der Waals surface area contributed by atoms with Crippen LogP contribution in [0, 0.1) is 0 Å². The Bertz CT molecular complexity index is 529. The van der Waals surface area contributed by atoms with E-state index in [-0.39, 0.29) is 5.78 Å². The van der Waals surface area contributed by atoms with E-state index < -0.39 is 0 Å². The summed E-state index contributed by atoms with van der Waals surface area (Å²) < 4.78 is 3.23. The summed E-state index contributed by atoms with van der Waals surface area (Å²) in [5, 5.41) is 4.38. The molecular formula is C10H11ClN4O. The minimum atomic E-state index is -0.211. The monoisotopic (exact) mass is 238 g/mol. The highest BCUT2D eigenvalue weighted by atomic mass is 35.5. The Kier molecular flexibility index (Phi) is 2.78. The minimum Gasteiger partial charge on any atom is -0.331 e. The third kappa shape index (κ3) is 1.63. The first-order valence-corrected chi connectivity index (χ1v) is 5.26. The first-order valence-electron chi connectivity index (χ1n) is 4.88. The number of imidazole rings is 1. The zero-order valence-electron chi connectivity index (χ0n) is 9.01. The average Bonchev–Trinajstić information content (AvgIpc) is 2.83. The van der Waals surface area contributed by atoms with Crippen molar-refractivity contribution in [3.8, 4) is 0 Å². The summed E-state index contributed by atoms with van der Waals surface area (Å²) in [7, 11) is 1.76. The van der Waals surface area contributed by atoms with Crippen molar-refractivity contribution >= 4 is 17.4 Å². The second-order valence-electron chi connectivity index (χ2n) is 3.35. The van der Waals surface area contributed by atoms with E-state index in [1.807, 2.05) is 6.92 Å². The van der Waals surface area contributed by atoms with Crippen LogP contribution >= 0.6 is 11.6 Å². The van der Waals surface area contributed by atoms with E-state index >= 15 is 0 Å². The van der Waals surface area contributed by atoms with E-state index in [2.05, 4.69) is 10.1 Å². The second kappa shape index (κ2) is 4.09. The molecule has 0 bridgehead atoms. The Morgan fingerprint density at radius 1 is 1.56 bits per heavy atom. The topological polar surface area (TPSA) is 52.7 Å². The van der Waals surface area contributed by atoms with Gasteiger partial charge in [-0.05, 0) is 6.92 Å². The molecule has 0 aliphatic rings. The second-order valence-corrected chi connectivity index (χ2v) is 3.75. The molecule has 0 amide bonds. The van der Waals surface area contributed by atoms with Gasteiger partial charge < -0.3 is 4.57 Å². The molecule has 2 rings (SSSR count). The van der Waals surface area contributed by atoms with Gasteiger partial charge in [0.1, 0.15) is 5.69 Å². The van der Waals surface area contributed by atoms with Gasteiger partial charge in [-0.1, -0.05) is 11.6 Å². The Labute approximate surface area is 97.7 Å². The highest BCUT2D eigenvalue weighted by molar-refractivity contribution is 6.34. The van der Waals surface area contributed by atoms with Gasteiger partial charge >= 0.3 is 0 Å². The zero-order valence-corrected chi connectivity index (χ0v) is 9.77. The molecule has 0 spiro atoms. The number of hydrogen-bond donors (Lipinski definition) is 0. The van der Waals surface area contributed by atoms with Crippen LogP contribution in [0.4, 0.5) is 0 Å². The molecule has 0 aliphatic heterocycles. The summed E-state index contributed by atoms with van der Waals surface area (Å²) in [5.41, 5.74) is 0.387. The van der Waals surface area contributed by atoms with Crippen LogP contribution in [0.5, 0.6) is 0 Å². The lowest BCUT2D eigenvalue weighted by molar-refractivity contribution is 0.101. The SMILES string of the molecule is CCn1ncc(Cl)c1C(=O)c1nccn1C. The number of aromatic nitrogens is 4. The third-order valence-corrected chi connectivity index (χ3v) is 2.61. The van der Waals surface area contributed by atoms with Crippen molar-refractivity contribution in [2.24, 2.45) is 7.05 Å². The van der Waals surface area contributed by atoms with Gasteiger partial charge in [0, 0.05) is 26.0 Å². The number of ketones is 1. The van der Waals surface area contributed by atoms with Crippen molar-refractivity contribution in [1.29, 1.82) is 0 Å². The lowest BCUT2D eigenvalue weighted by Crippen LogP contribution is -2.14. The van der Waals surface area contributed by atoms with E-state index in [9.17, 15) is 4.79 Å². The molecule has 2 aromatic rings. The van der Waals surface area contributed by atoms with Gasteiger partial charge in [-0.3, -0.25) is 9.48 Å². The highest BCUT2D eigenvalue weighted by Gasteiger charge is 2.21. The van der Waals surface area contributed by atoms with Crippen molar-refractivity contribution in [3.05, 3.63) is 35.1 Å². The Balaban J connectivity index is 2.49. The molecule has 0 unspecified atom stereocenters. The Hall–Kier alpha value is -1.62. The smallest absolute Gasteiger partial charge is 0.247 e. The van der Waals surface area contributed by atoms with Gasteiger partial charge in [0.05, 0.1) is 11.2 Å². The maximum Gasteiger partial charge on any atom is 0.247 e. The van der Waals surface area contributed by atoms with Crippen molar-refractivity contribution in [2.75, 3.05) is 0 Å². The molecular weight excluding hydrogens is 228 g/mol. The molecule has 5 nitrogen and oxygen atoms in total. The fourth-order valence-electron chi connectivity index (χ4n) is 1.52. The Morgan fingerprint density at radius 2 is 2.31 bits per heavy atom. The van der Waals surface area contributed by atoms with Crippen LogP contribution in [-0.2, 0) is 13.6 Å². The number of aryl methyl sites for hydroxylation is 2. The number of nitrogens with zero attached hydrogens (tertiary/aromatic N) is 4. The number of rotatable bonds is 3. The summed E-state index contributed by atoms with van der Waals surface area (Å²) in [6.45, 7) is 2.50. The van der Waals surface area contributed by atoms with Crippen molar-refractivity contribution in [2.45, 2.75) is 13.5 Å². The molecule has 0 saturated carbocycles. The van der Waals surface area contributed by atoms with Crippen molar-refractivity contribution in [1.82, 2.24) is 19.3 Å². The van der Waals surface area contributed by atoms with Crippen LogP contribution in [0.15, 0.2) is 18.6 Å². The molecule has 0 fully saturated rings. The fraction of sp³-hybridized carbons (Fsp3) is 0.300. The maximum atomic E-state index is 12.2. The lowest BCUT2D eigenvalue weighted by Gasteiger charge is -2.04. The van der Waals surface area contributed by atoms with E-state index in [0.717, 1.165) is 0 Å². The normalized spacial score (nSPS) is 10.7. The molecule has 0 saturated heterocycles. The van der Waals surface area contributed by atoms with Gasteiger partial charge in [-0.2, -0.15) is 5.10 Å². The molecule has 0 aromatic carbocycles. The number of carbonyl (C=O) groups excluding carboxylic acids is 1. The summed E-state index contributed by atoms with van der Waals surface area (Å²) in [6.07, 6.45) is 4.77. The minimum absolute atomic E-state index is 0.211. The van der Waals surface area contributed by atoms with Gasteiger partial charge in [-0.15, -0.1) is 0 Å². The highest BCUT2D eigenvalue weighted by Crippen LogP contribution is 2.18. The van der Waals surface area contributed by atoms with E-state index in [1.165, 1.54) is 6.20 Å². The van der Waals surface area contributed by atoms with Crippen LogP contribution in [0.2, 0.25) is 5.02 Å². The molecule has 16 heavy (non-hydrogen) atoms. The average molecular weight is 239 g/mol. The van der Waals surface area contributed by atoms with Gasteiger partial charge in [0.2, 0.25) is 5.78 Å². The number of halogens is 1. The summed E-state index contributed by atoms with van der Waals surface area (Å²) in [4.78, 5) is 16.2. The maximum absolute atomic E-state index is 12.2. The molecule has 2 heterocycles. The van der Waals surface area contributed by atoms with Crippen LogP contribution in [0.25, 0.3) is 0 Å². The molecule has 2 aromatic heterocycles. The van der Waals surface area contributed by atoms with Gasteiger partial charge in [-0.25, -0.2) is 4.98 Å². The van der Waals surface area contributed by atoms with Crippen LogP contribution in [-0.4, -0.2) is 25.1 Å². The molecule has 0 N–H and O–H groups in total. The third-order valence-electron chi connectivity index (χ3n) is 2.33. The summed E-state index contributed by atoms with van der Waals surface area (Å²) in [5.74, 6) is 0.147. The first kappa shape index (κ1) is 10.9. The largest absolute Gasteiger partial charge is 0.331 e. The number of carbonyl (C=O) groups is 1. The predicted octanol–water partition coefficient (Wildman–Crippen LogP) is 1.52. The standard InChI is InChI=1S/C10H11ClN4O/c1-3-15-8(7(11)6-13-15)9(16)10-12-4-5-14(10)2/h4-6H,3H2,1-2H3. The summed E-state index contributed by atoms with van der Waals surface area (Å²) >= 11 is 5.95. The Morgan fingerprint density at radius 3 is 2.88 bits per heavy atom. The molecule has 84 valence electrons. The van der Waals surface area contributed by atoms with Crippen LogP contribution in [0.1, 0.15) is 23.2 Å². The van der Waals surface area contributed by atoms with Crippen LogP contribution < -0.4 is 0 Å². The molecule has 0 radical (unpaired) electrons. The molecule has 0 aliphatic carbocycles. The molecule has 6 heteroatoms. The van der Waals surface area contributed by atoms with Crippen molar-refractivity contribution < 1.29 is 4.79 Å². The van der Waals surface area contributed by atoms with Crippen LogP contribution in [0.3, 0.4) is 0 Å². The summed E-state index contributed by atoms with van der Waals surface area (Å²) in [6, 6.07) is 0. The van der Waals surface area contributed by atoms with E-state index in [1.54, 1.807) is 28.7 Å². The quantitative estimate of drug-likeness (QED) is 0.762. The van der Waals surface area contributed by atoms with Gasteiger partial charge in [0.25, 0.3) is 0 Å². The predicted molar refractivity (Wildman–Crippen MR) is 59.6 cm³/mol. The lowest BCUT2D eigenvalue weighted by atomic mass is 10.2. The van der Waals surface area contributed by atoms with Crippen molar-refractivity contribution in [3.63, 3.8) is 0 Å². The van der Waals surface area contributed by atoms with Gasteiger partial charge in [0.15, 0.2) is 5.82 Å². The fourth-order valence-corrected chi connectivity index (χ4v) is 1.75.